The van der Waals surface area contributed by atoms with E-state index in [1.807, 2.05) is 0 Å². The predicted molar refractivity (Wildman–Crippen MR) is 99.7 cm³/mol. The van der Waals surface area contributed by atoms with E-state index in [9.17, 15) is 0 Å². The van der Waals surface area contributed by atoms with Crippen molar-refractivity contribution in [3.8, 4) is 0 Å². The first-order valence-electron chi connectivity index (χ1n) is 9.61. The Kier molecular flexibility index (Phi) is 29.4. The molecule has 0 saturated heterocycles. The standard InChI is InChI=1S/C12H26O.C4H9.C3H7.Sn/c1-3-5-7-9-11-13-12-10-8-6-4-2;1-3-4-2;1-3-2;/h3-12H2,1-2H3;1,3-4H2,2H3;1,3H2,2H3;. The fraction of sp³-hybridized carbons (Fsp3) is 1.00. The van der Waals surface area contributed by atoms with E-state index in [2.05, 4.69) is 27.7 Å². The molecule has 0 aliphatic carbocycles. The van der Waals surface area contributed by atoms with Crippen LogP contribution in [0, 0.1) is 0 Å². The van der Waals surface area contributed by atoms with Crippen molar-refractivity contribution in [2.75, 3.05) is 13.2 Å². The second kappa shape index (κ2) is 25.7. The Hall–Kier alpha value is 0.759. The third-order valence-corrected chi connectivity index (χ3v) is 7.87. The summed E-state index contributed by atoms with van der Waals surface area (Å²) in [5, 5.41) is 0. The molecule has 0 aromatic carbocycles. The van der Waals surface area contributed by atoms with Crippen LogP contribution >= 0.6 is 0 Å². The van der Waals surface area contributed by atoms with Crippen LogP contribution in [0.3, 0.4) is 0 Å². The van der Waals surface area contributed by atoms with Crippen LogP contribution in [0.25, 0.3) is 0 Å². The van der Waals surface area contributed by atoms with Crippen LogP contribution in [-0.4, -0.2) is 34.4 Å². The van der Waals surface area contributed by atoms with Gasteiger partial charge in [-0.3, -0.25) is 0 Å². The molecular weight excluding hydrogens is 363 g/mol. The van der Waals surface area contributed by atoms with Gasteiger partial charge in [-0.1, -0.05) is 52.4 Å². The van der Waals surface area contributed by atoms with E-state index in [0.717, 1.165) is 13.2 Å². The Balaban J connectivity index is 0. The molecule has 0 fully saturated rings. The van der Waals surface area contributed by atoms with Gasteiger partial charge in [-0.25, -0.2) is 0 Å². The zero-order valence-electron chi connectivity index (χ0n) is 15.5. The molecule has 21 heavy (non-hydrogen) atoms. The fourth-order valence-corrected chi connectivity index (χ4v) is 5.41. The van der Waals surface area contributed by atoms with E-state index in [4.69, 9.17) is 4.74 Å². The summed E-state index contributed by atoms with van der Waals surface area (Å²) in [6.07, 6.45) is 14.9. The molecule has 0 heterocycles. The van der Waals surface area contributed by atoms with Crippen LogP contribution in [0.5, 0.6) is 0 Å². The predicted octanol–water partition coefficient (Wildman–Crippen LogP) is 6.90. The molecule has 0 bridgehead atoms. The number of unbranched alkanes of at least 4 members (excludes halogenated alkanes) is 7. The van der Waals surface area contributed by atoms with Crippen LogP contribution in [0.4, 0.5) is 0 Å². The van der Waals surface area contributed by atoms with Crippen molar-refractivity contribution in [1.29, 1.82) is 0 Å². The molecule has 0 aromatic heterocycles. The third kappa shape index (κ3) is 29.4. The Morgan fingerprint density at radius 2 is 1.05 bits per heavy atom. The number of ether oxygens (including phenoxy) is 1. The van der Waals surface area contributed by atoms with Gasteiger partial charge in [0.25, 0.3) is 0 Å². The first kappa shape index (κ1) is 24.0. The minimum atomic E-state index is 0.165. The molecule has 0 rings (SSSR count). The van der Waals surface area contributed by atoms with Crippen LogP contribution in [0.2, 0.25) is 8.87 Å². The molecule has 0 N–H and O–H groups in total. The molecular formula is C19H42OSn. The number of rotatable bonds is 15. The van der Waals surface area contributed by atoms with Gasteiger partial charge in [-0.15, -0.1) is 0 Å². The van der Waals surface area contributed by atoms with Gasteiger partial charge in [0.2, 0.25) is 0 Å². The summed E-state index contributed by atoms with van der Waals surface area (Å²) in [7, 11) is 0. The molecule has 128 valence electrons. The summed E-state index contributed by atoms with van der Waals surface area (Å²) >= 11 is 0.165. The van der Waals surface area contributed by atoms with Crippen LogP contribution in [-0.2, 0) is 4.74 Å². The summed E-state index contributed by atoms with van der Waals surface area (Å²) < 4.78 is 8.75. The second-order valence-electron chi connectivity index (χ2n) is 5.84. The quantitative estimate of drug-likeness (QED) is 0.213. The van der Waals surface area contributed by atoms with Crippen molar-refractivity contribution in [3.63, 3.8) is 0 Å². The van der Waals surface area contributed by atoms with E-state index >= 15 is 0 Å². The van der Waals surface area contributed by atoms with Crippen molar-refractivity contribution in [2.45, 2.75) is 107 Å². The fourth-order valence-electron chi connectivity index (χ4n) is 1.97. The average Bonchev–Trinajstić information content (AvgIpc) is 2.51. The average molecular weight is 405 g/mol. The molecule has 0 aromatic rings. The van der Waals surface area contributed by atoms with Gasteiger partial charge in [0.05, 0.1) is 0 Å². The first-order valence-corrected chi connectivity index (χ1v) is 13.6. The molecule has 2 heteroatoms. The van der Waals surface area contributed by atoms with Crippen molar-refractivity contribution in [2.24, 2.45) is 0 Å². The maximum atomic E-state index is 5.53. The Bertz CT molecular complexity index is 135. The molecule has 2 radical (unpaired) electrons. The van der Waals surface area contributed by atoms with Crippen LogP contribution in [0.15, 0.2) is 0 Å². The molecule has 0 aliphatic heterocycles. The van der Waals surface area contributed by atoms with Crippen molar-refractivity contribution in [1.82, 2.24) is 0 Å². The first-order chi connectivity index (χ1) is 10.3. The van der Waals surface area contributed by atoms with E-state index in [0.29, 0.717) is 0 Å². The SMILES string of the molecule is CCCCCCOCCCCCC.CCC[CH2][Sn][CH2]CC. The van der Waals surface area contributed by atoms with Crippen LogP contribution < -0.4 is 0 Å². The summed E-state index contributed by atoms with van der Waals surface area (Å²) in [4.78, 5) is 0. The Morgan fingerprint density at radius 1 is 0.524 bits per heavy atom. The van der Waals surface area contributed by atoms with Crippen molar-refractivity contribution in [3.05, 3.63) is 0 Å². The third-order valence-electron chi connectivity index (χ3n) is 3.42. The zero-order valence-corrected chi connectivity index (χ0v) is 18.4. The summed E-state index contributed by atoms with van der Waals surface area (Å²) in [5.41, 5.74) is 0. The van der Waals surface area contributed by atoms with E-state index in [-0.39, 0.29) is 21.1 Å². The van der Waals surface area contributed by atoms with Crippen molar-refractivity contribution >= 4 is 21.1 Å². The van der Waals surface area contributed by atoms with Gasteiger partial charge in [-0.2, -0.15) is 0 Å². The second-order valence-corrected chi connectivity index (χ2v) is 10.1. The molecule has 0 unspecified atom stereocenters. The molecule has 1 nitrogen and oxygen atoms in total. The minimum absolute atomic E-state index is 0.165. The molecule has 0 saturated carbocycles. The monoisotopic (exact) mass is 406 g/mol. The van der Waals surface area contributed by atoms with Crippen LogP contribution in [0.1, 0.15) is 98.3 Å². The van der Waals surface area contributed by atoms with E-state index < -0.39 is 0 Å². The van der Waals surface area contributed by atoms with E-state index in [1.54, 1.807) is 8.87 Å². The van der Waals surface area contributed by atoms with Gasteiger partial charge in [0.1, 0.15) is 0 Å². The van der Waals surface area contributed by atoms with Gasteiger partial charge < -0.3 is 4.74 Å². The zero-order chi connectivity index (χ0) is 16.0. The molecule has 0 aliphatic rings. The number of hydrogen-bond donors (Lipinski definition) is 0. The Labute approximate surface area is 146 Å². The molecule has 0 atom stereocenters. The van der Waals surface area contributed by atoms with Gasteiger partial charge in [-0.05, 0) is 12.8 Å². The Morgan fingerprint density at radius 3 is 1.48 bits per heavy atom. The number of hydrogen-bond acceptors (Lipinski definition) is 1. The summed E-state index contributed by atoms with van der Waals surface area (Å²) in [6.45, 7) is 11.0. The van der Waals surface area contributed by atoms with Gasteiger partial charge >= 0.3 is 63.1 Å². The normalized spacial score (nSPS) is 10.3. The van der Waals surface area contributed by atoms with Gasteiger partial charge in [0.15, 0.2) is 0 Å². The maximum absolute atomic E-state index is 5.53. The molecule has 0 spiro atoms. The van der Waals surface area contributed by atoms with E-state index in [1.165, 1.54) is 70.6 Å². The van der Waals surface area contributed by atoms with Gasteiger partial charge in [0, 0.05) is 13.2 Å². The summed E-state index contributed by atoms with van der Waals surface area (Å²) in [5.74, 6) is 0. The summed E-state index contributed by atoms with van der Waals surface area (Å²) in [6, 6.07) is 0. The van der Waals surface area contributed by atoms with Crippen molar-refractivity contribution < 1.29 is 4.74 Å². The molecule has 0 amide bonds. The topological polar surface area (TPSA) is 9.23 Å².